The lowest BCUT2D eigenvalue weighted by Crippen LogP contribution is -2.48. The SMILES string of the molecule is CCCCCCCCOC(=O)[C@@H](F)ON1C(=O)N2CC1C=C(C)[C@H]2C(N)=O. The summed E-state index contributed by atoms with van der Waals surface area (Å²) in [5.74, 6) is -1.84. The number of halogens is 1. The number of carbonyl (C=O) groups is 3. The molecular formula is C18H28FN3O5. The summed E-state index contributed by atoms with van der Waals surface area (Å²) < 4.78 is 19.0. The van der Waals surface area contributed by atoms with Crippen molar-refractivity contribution in [2.75, 3.05) is 13.2 Å². The molecule has 9 heteroatoms. The Morgan fingerprint density at radius 3 is 2.63 bits per heavy atom. The van der Waals surface area contributed by atoms with E-state index in [4.69, 9.17) is 15.3 Å². The zero-order chi connectivity index (χ0) is 20.0. The topological polar surface area (TPSA) is 102 Å². The standard InChI is InChI=1S/C18H28FN3O5/c1-3-4-5-6-7-8-9-26-17(24)15(19)27-22-13-10-12(2)14(16(20)23)21(11-13)18(22)25/h10,13-15H,3-9,11H2,1-2H3,(H2,20,23)/t13?,14-,15-/m0/s1. The van der Waals surface area contributed by atoms with Crippen molar-refractivity contribution in [3.8, 4) is 0 Å². The van der Waals surface area contributed by atoms with Crippen LogP contribution in [0.15, 0.2) is 11.6 Å². The van der Waals surface area contributed by atoms with E-state index in [1.807, 2.05) is 0 Å². The summed E-state index contributed by atoms with van der Waals surface area (Å²) in [6, 6.07) is -2.18. The van der Waals surface area contributed by atoms with E-state index in [1.54, 1.807) is 13.0 Å². The molecule has 0 aromatic rings. The van der Waals surface area contributed by atoms with Crippen LogP contribution in [0.5, 0.6) is 0 Å². The van der Waals surface area contributed by atoms with Crippen molar-refractivity contribution in [1.82, 2.24) is 9.96 Å². The van der Waals surface area contributed by atoms with Gasteiger partial charge in [-0.2, -0.15) is 5.06 Å². The summed E-state index contributed by atoms with van der Waals surface area (Å²) in [7, 11) is 0. The third-order valence-electron chi connectivity index (χ3n) is 4.72. The van der Waals surface area contributed by atoms with Gasteiger partial charge in [0.1, 0.15) is 6.04 Å². The smallest absolute Gasteiger partial charge is 0.371 e. The van der Waals surface area contributed by atoms with Crippen LogP contribution in [0.25, 0.3) is 0 Å². The largest absolute Gasteiger partial charge is 0.462 e. The molecule has 0 radical (unpaired) electrons. The minimum absolute atomic E-state index is 0.112. The monoisotopic (exact) mass is 385 g/mol. The van der Waals surface area contributed by atoms with Crippen molar-refractivity contribution >= 4 is 17.9 Å². The molecule has 2 heterocycles. The van der Waals surface area contributed by atoms with Gasteiger partial charge >= 0.3 is 18.4 Å². The molecule has 1 fully saturated rings. The molecule has 0 spiro atoms. The van der Waals surface area contributed by atoms with Crippen LogP contribution in [0.1, 0.15) is 52.4 Å². The minimum atomic E-state index is -2.41. The average Bonchev–Trinajstić information content (AvgIpc) is 2.85. The number of nitrogens with zero attached hydrogens (tertiary/aromatic N) is 2. The second kappa shape index (κ2) is 9.68. The maximum Gasteiger partial charge on any atom is 0.371 e. The maximum absolute atomic E-state index is 14.1. The highest BCUT2D eigenvalue weighted by atomic mass is 19.1. The summed E-state index contributed by atoms with van der Waals surface area (Å²) in [4.78, 5) is 41.7. The number of nitrogens with two attached hydrogens (primary N) is 1. The van der Waals surface area contributed by atoms with Gasteiger partial charge in [-0.05, 0) is 18.9 Å². The minimum Gasteiger partial charge on any atom is -0.462 e. The number of fused-ring (bicyclic) bond motifs is 2. The molecule has 3 amide bonds. The van der Waals surface area contributed by atoms with Crippen LogP contribution in [-0.4, -0.2) is 59.5 Å². The molecule has 3 atom stereocenters. The molecule has 0 saturated carbocycles. The van der Waals surface area contributed by atoms with Crippen LogP contribution in [-0.2, 0) is 19.2 Å². The van der Waals surface area contributed by atoms with E-state index < -0.39 is 36.3 Å². The summed E-state index contributed by atoms with van der Waals surface area (Å²) in [6.07, 6.45) is 5.28. The van der Waals surface area contributed by atoms with Crippen LogP contribution in [0.3, 0.4) is 0 Å². The fourth-order valence-corrected chi connectivity index (χ4v) is 3.36. The van der Waals surface area contributed by atoms with Crippen molar-refractivity contribution in [3.63, 3.8) is 0 Å². The first-order valence-corrected chi connectivity index (χ1v) is 9.41. The number of urea groups is 1. The predicted octanol–water partition coefficient (Wildman–Crippen LogP) is 2.04. The third-order valence-corrected chi connectivity index (χ3v) is 4.72. The highest BCUT2D eigenvalue weighted by Crippen LogP contribution is 2.30. The van der Waals surface area contributed by atoms with Crippen LogP contribution in [0.4, 0.5) is 9.18 Å². The number of hydrogen-bond donors (Lipinski definition) is 1. The molecule has 2 rings (SSSR count). The molecule has 8 nitrogen and oxygen atoms in total. The zero-order valence-electron chi connectivity index (χ0n) is 15.9. The van der Waals surface area contributed by atoms with Gasteiger partial charge in [0.15, 0.2) is 0 Å². The lowest BCUT2D eigenvalue weighted by Gasteiger charge is -2.27. The summed E-state index contributed by atoms with van der Waals surface area (Å²) in [5.41, 5.74) is 5.91. The van der Waals surface area contributed by atoms with Crippen molar-refractivity contribution < 1.29 is 28.3 Å². The Kier molecular flexibility index (Phi) is 7.58. The molecule has 0 aromatic carbocycles. The van der Waals surface area contributed by atoms with Gasteiger partial charge in [0.2, 0.25) is 5.91 Å². The number of ether oxygens (including phenoxy) is 1. The Morgan fingerprint density at radius 1 is 1.30 bits per heavy atom. The first-order valence-electron chi connectivity index (χ1n) is 9.41. The van der Waals surface area contributed by atoms with Gasteiger partial charge in [-0.15, -0.1) is 0 Å². The molecular weight excluding hydrogens is 357 g/mol. The number of hydrogen-bond acceptors (Lipinski definition) is 5. The van der Waals surface area contributed by atoms with Gasteiger partial charge in [-0.25, -0.2) is 18.8 Å². The Bertz CT molecular complexity index is 598. The number of rotatable bonds is 11. The molecule has 0 aromatic heterocycles. The van der Waals surface area contributed by atoms with Gasteiger partial charge < -0.3 is 15.4 Å². The number of primary amides is 1. The quantitative estimate of drug-likeness (QED) is 0.333. The predicted molar refractivity (Wildman–Crippen MR) is 94.8 cm³/mol. The lowest BCUT2D eigenvalue weighted by atomic mass is 10.0. The highest BCUT2D eigenvalue weighted by molar-refractivity contribution is 5.90. The number of amides is 3. The average molecular weight is 385 g/mol. The highest BCUT2D eigenvalue weighted by Gasteiger charge is 2.48. The van der Waals surface area contributed by atoms with E-state index in [1.165, 1.54) is 11.3 Å². The first-order chi connectivity index (χ1) is 12.9. The number of hydroxylamine groups is 2. The molecule has 1 saturated heterocycles. The molecule has 2 bridgehead atoms. The van der Waals surface area contributed by atoms with Crippen molar-refractivity contribution in [1.29, 1.82) is 0 Å². The Hall–Kier alpha value is -2.16. The van der Waals surface area contributed by atoms with E-state index >= 15 is 0 Å². The summed E-state index contributed by atoms with van der Waals surface area (Å²) >= 11 is 0. The number of esters is 1. The normalized spacial score (nSPS) is 22.6. The summed E-state index contributed by atoms with van der Waals surface area (Å²) in [5, 5.41) is 0.767. The third kappa shape index (κ3) is 5.18. The fourth-order valence-electron chi connectivity index (χ4n) is 3.36. The number of unbranched alkanes of at least 4 members (excludes halogenated alkanes) is 5. The number of carbonyl (C=O) groups excluding carboxylic acids is 3. The lowest BCUT2D eigenvalue weighted by molar-refractivity contribution is -0.223. The van der Waals surface area contributed by atoms with Crippen molar-refractivity contribution in [2.24, 2.45) is 5.73 Å². The van der Waals surface area contributed by atoms with Gasteiger partial charge in [0, 0.05) is 0 Å². The van der Waals surface area contributed by atoms with E-state index in [0.717, 1.165) is 30.7 Å². The molecule has 0 aliphatic carbocycles. The van der Waals surface area contributed by atoms with Crippen LogP contribution < -0.4 is 5.73 Å². The molecule has 27 heavy (non-hydrogen) atoms. The second-order valence-electron chi connectivity index (χ2n) is 6.90. The van der Waals surface area contributed by atoms with E-state index in [2.05, 4.69) is 6.92 Å². The zero-order valence-corrected chi connectivity index (χ0v) is 15.9. The first kappa shape index (κ1) is 21.1. The molecule has 152 valence electrons. The van der Waals surface area contributed by atoms with E-state index in [9.17, 15) is 18.8 Å². The Balaban J connectivity index is 1.79. The van der Waals surface area contributed by atoms with E-state index in [0.29, 0.717) is 12.0 Å². The molecule has 2 aliphatic rings. The fraction of sp³-hybridized carbons (Fsp3) is 0.722. The Morgan fingerprint density at radius 2 is 1.96 bits per heavy atom. The van der Waals surface area contributed by atoms with Crippen LogP contribution >= 0.6 is 0 Å². The van der Waals surface area contributed by atoms with Gasteiger partial charge in [-0.1, -0.05) is 45.1 Å². The Labute approximate surface area is 158 Å². The van der Waals surface area contributed by atoms with Gasteiger partial charge in [-0.3, -0.25) is 4.79 Å². The molecule has 1 unspecified atom stereocenters. The van der Waals surface area contributed by atoms with E-state index in [-0.39, 0.29) is 13.2 Å². The molecule has 2 aliphatic heterocycles. The second-order valence-corrected chi connectivity index (χ2v) is 6.90. The maximum atomic E-state index is 14.1. The van der Waals surface area contributed by atoms with Crippen molar-refractivity contribution in [3.05, 3.63) is 11.6 Å². The molecule has 2 N–H and O–H groups in total. The van der Waals surface area contributed by atoms with Gasteiger partial charge in [0.05, 0.1) is 19.2 Å². The summed E-state index contributed by atoms with van der Waals surface area (Å²) in [6.45, 7) is 4.04. The van der Waals surface area contributed by atoms with Gasteiger partial charge in [0.25, 0.3) is 0 Å². The van der Waals surface area contributed by atoms with Crippen LogP contribution in [0.2, 0.25) is 0 Å². The van der Waals surface area contributed by atoms with Crippen molar-refractivity contribution in [2.45, 2.75) is 70.8 Å². The van der Waals surface area contributed by atoms with Crippen LogP contribution in [0, 0.1) is 0 Å². The number of alkyl halides is 1.